The highest BCUT2D eigenvalue weighted by Gasteiger charge is 2.37. The van der Waals surface area contributed by atoms with E-state index in [4.69, 9.17) is 0 Å². The van der Waals surface area contributed by atoms with Crippen LogP contribution in [0.1, 0.15) is 65.7 Å². The fourth-order valence-electron chi connectivity index (χ4n) is 3.10. The van der Waals surface area contributed by atoms with Crippen molar-refractivity contribution in [3.8, 4) is 0 Å². The molecule has 1 aromatic carbocycles. The summed E-state index contributed by atoms with van der Waals surface area (Å²) in [5.74, 6) is 0.178. The number of hydrogen-bond acceptors (Lipinski definition) is 2. The van der Waals surface area contributed by atoms with Gasteiger partial charge in [-0.3, -0.25) is 4.79 Å². The molecule has 2 rings (SSSR count). The van der Waals surface area contributed by atoms with Gasteiger partial charge in [-0.05, 0) is 32.4 Å². The molecule has 1 amide bonds. The molecule has 0 aromatic heterocycles. The first kappa shape index (κ1) is 16.9. The summed E-state index contributed by atoms with van der Waals surface area (Å²) in [5.41, 5.74) is 1.57. The Morgan fingerprint density at radius 3 is 2.36 bits per heavy atom. The molecular weight excluding hydrogens is 272 g/mol. The van der Waals surface area contributed by atoms with Gasteiger partial charge in [-0.15, -0.1) is 0 Å². The van der Waals surface area contributed by atoms with E-state index in [0.717, 1.165) is 24.3 Å². The molecule has 1 aliphatic rings. The van der Waals surface area contributed by atoms with Crippen molar-refractivity contribution in [1.82, 2.24) is 0 Å². The largest absolute Gasteiger partial charge is 0.370 e. The van der Waals surface area contributed by atoms with Gasteiger partial charge in [0.2, 0.25) is 0 Å². The van der Waals surface area contributed by atoms with Gasteiger partial charge in [0.05, 0.1) is 11.4 Å². The van der Waals surface area contributed by atoms with Crippen molar-refractivity contribution < 1.29 is 4.79 Å². The first-order valence-corrected chi connectivity index (χ1v) is 8.75. The van der Waals surface area contributed by atoms with Crippen LogP contribution in [0, 0.1) is 0 Å². The molecule has 0 saturated carbocycles. The quantitative estimate of drug-likeness (QED) is 0.687. The Morgan fingerprint density at radius 1 is 1.00 bits per heavy atom. The number of fused-ring (bicyclic) bond motifs is 1. The van der Waals surface area contributed by atoms with Crippen molar-refractivity contribution in [2.45, 2.75) is 71.3 Å². The van der Waals surface area contributed by atoms with Crippen LogP contribution in [-0.2, 0) is 4.79 Å². The molecule has 0 spiro atoms. The van der Waals surface area contributed by atoms with Gasteiger partial charge in [0.15, 0.2) is 0 Å². The van der Waals surface area contributed by atoms with Crippen molar-refractivity contribution in [2.24, 2.45) is 0 Å². The lowest BCUT2D eigenvalue weighted by molar-refractivity contribution is -0.122. The minimum atomic E-state index is -0.518. The SMILES string of the molecule is CCCCCCCCCN1C(=O)C(C)(C)Nc2ccccc21. The number of carbonyl (C=O) groups excluding carboxylic acids is 1. The maximum atomic E-state index is 12.7. The zero-order chi connectivity index (χ0) is 16.0. The molecule has 0 unspecified atom stereocenters. The van der Waals surface area contributed by atoms with E-state index in [9.17, 15) is 4.79 Å². The Morgan fingerprint density at radius 2 is 1.64 bits per heavy atom. The molecule has 0 aliphatic carbocycles. The van der Waals surface area contributed by atoms with E-state index < -0.39 is 5.54 Å². The number of anilines is 2. The van der Waals surface area contributed by atoms with E-state index in [-0.39, 0.29) is 5.91 Å². The summed E-state index contributed by atoms with van der Waals surface area (Å²) in [5, 5.41) is 3.35. The number of para-hydroxylation sites is 2. The number of hydrogen-bond donors (Lipinski definition) is 1. The predicted octanol–water partition coefficient (Wildman–Crippen LogP) is 4.97. The first-order chi connectivity index (χ1) is 10.6. The van der Waals surface area contributed by atoms with Crippen LogP contribution in [0.15, 0.2) is 24.3 Å². The molecule has 3 nitrogen and oxygen atoms in total. The minimum Gasteiger partial charge on any atom is -0.370 e. The molecule has 0 radical (unpaired) electrons. The van der Waals surface area contributed by atoms with Gasteiger partial charge >= 0.3 is 0 Å². The molecule has 1 aromatic rings. The normalized spacial score (nSPS) is 16.3. The average Bonchev–Trinajstić information content (AvgIpc) is 2.49. The van der Waals surface area contributed by atoms with Gasteiger partial charge in [-0.25, -0.2) is 0 Å². The van der Waals surface area contributed by atoms with E-state index in [1.54, 1.807) is 0 Å². The van der Waals surface area contributed by atoms with Crippen molar-refractivity contribution in [1.29, 1.82) is 0 Å². The van der Waals surface area contributed by atoms with Crippen molar-refractivity contribution in [2.75, 3.05) is 16.8 Å². The van der Waals surface area contributed by atoms with Crippen LogP contribution in [-0.4, -0.2) is 18.0 Å². The maximum absolute atomic E-state index is 12.7. The molecule has 122 valence electrons. The zero-order valence-corrected chi connectivity index (χ0v) is 14.3. The molecule has 1 heterocycles. The fraction of sp³-hybridized carbons (Fsp3) is 0.632. The topological polar surface area (TPSA) is 32.3 Å². The second kappa shape index (κ2) is 7.66. The lowest BCUT2D eigenvalue weighted by Crippen LogP contribution is -2.54. The summed E-state index contributed by atoms with van der Waals surface area (Å²) in [6.45, 7) is 7.00. The zero-order valence-electron chi connectivity index (χ0n) is 14.3. The summed E-state index contributed by atoms with van der Waals surface area (Å²) in [6.07, 6.45) is 8.89. The van der Waals surface area contributed by atoms with Crippen LogP contribution in [0.5, 0.6) is 0 Å². The molecule has 0 atom stereocenters. The number of unbranched alkanes of at least 4 members (excludes halogenated alkanes) is 6. The third-order valence-electron chi connectivity index (χ3n) is 4.41. The van der Waals surface area contributed by atoms with Gasteiger partial charge in [-0.2, -0.15) is 0 Å². The van der Waals surface area contributed by atoms with Crippen LogP contribution in [0.2, 0.25) is 0 Å². The molecule has 0 fully saturated rings. The van der Waals surface area contributed by atoms with E-state index in [0.29, 0.717) is 0 Å². The number of rotatable bonds is 8. The van der Waals surface area contributed by atoms with Crippen LogP contribution in [0.25, 0.3) is 0 Å². The van der Waals surface area contributed by atoms with E-state index in [1.165, 1.54) is 38.5 Å². The minimum absolute atomic E-state index is 0.178. The Bertz CT molecular complexity index is 496. The standard InChI is InChI=1S/C19H30N2O/c1-4-5-6-7-8-9-12-15-21-17-14-11-10-13-16(17)20-19(2,3)18(21)22/h10-11,13-14,20H,4-9,12,15H2,1-3H3. The van der Waals surface area contributed by atoms with Gasteiger partial charge in [0.1, 0.15) is 5.54 Å². The summed E-state index contributed by atoms with van der Waals surface area (Å²) < 4.78 is 0. The van der Waals surface area contributed by atoms with Crippen LogP contribution < -0.4 is 10.2 Å². The predicted molar refractivity (Wildman–Crippen MR) is 94.5 cm³/mol. The van der Waals surface area contributed by atoms with Gasteiger partial charge in [-0.1, -0.05) is 57.6 Å². The Kier molecular flexibility index (Phi) is 5.87. The van der Waals surface area contributed by atoms with Crippen LogP contribution >= 0.6 is 0 Å². The molecule has 0 bridgehead atoms. The molecule has 0 saturated heterocycles. The second-order valence-corrected chi connectivity index (χ2v) is 6.85. The summed E-state index contributed by atoms with van der Waals surface area (Å²) >= 11 is 0. The third-order valence-corrected chi connectivity index (χ3v) is 4.41. The number of amides is 1. The summed E-state index contributed by atoms with van der Waals surface area (Å²) in [6, 6.07) is 8.12. The van der Waals surface area contributed by atoms with E-state index >= 15 is 0 Å². The maximum Gasteiger partial charge on any atom is 0.252 e. The van der Waals surface area contributed by atoms with Gasteiger partial charge < -0.3 is 10.2 Å². The molecular formula is C19H30N2O. The van der Waals surface area contributed by atoms with Gasteiger partial charge in [0.25, 0.3) is 5.91 Å². The summed E-state index contributed by atoms with van der Waals surface area (Å²) in [4.78, 5) is 14.6. The van der Waals surface area contributed by atoms with Gasteiger partial charge in [0, 0.05) is 6.54 Å². The Hall–Kier alpha value is -1.51. The first-order valence-electron chi connectivity index (χ1n) is 8.75. The highest BCUT2D eigenvalue weighted by atomic mass is 16.2. The molecule has 1 N–H and O–H groups in total. The van der Waals surface area contributed by atoms with E-state index in [2.05, 4.69) is 18.3 Å². The molecule has 22 heavy (non-hydrogen) atoms. The highest BCUT2D eigenvalue weighted by molar-refractivity contribution is 6.07. The van der Waals surface area contributed by atoms with E-state index in [1.807, 2.05) is 36.9 Å². The van der Waals surface area contributed by atoms with Crippen molar-refractivity contribution >= 4 is 17.3 Å². The average molecular weight is 302 g/mol. The highest BCUT2D eigenvalue weighted by Crippen LogP contribution is 2.35. The number of nitrogens with one attached hydrogen (secondary N) is 1. The van der Waals surface area contributed by atoms with Crippen molar-refractivity contribution in [3.05, 3.63) is 24.3 Å². The number of carbonyl (C=O) groups is 1. The Labute approximate surface area is 135 Å². The smallest absolute Gasteiger partial charge is 0.252 e. The fourth-order valence-corrected chi connectivity index (χ4v) is 3.10. The number of nitrogens with zero attached hydrogens (tertiary/aromatic N) is 1. The third kappa shape index (κ3) is 4.02. The lowest BCUT2D eigenvalue weighted by Gasteiger charge is -2.40. The number of benzene rings is 1. The van der Waals surface area contributed by atoms with Crippen molar-refractivity contribution in [3.63, 3.8) is 0 Å². The van der Waals surface area contributed by atoms with Crippen LogP contribution in [0.4, 0.5) is 11.4 Å². The molecule has 3 heteroatoms. The van der Waals surface area contributed by atoms with Crippen LogP contribution in [0.3, 0.4) is 0 Å². The molecule has 1 aliphatic heterocycles. The summed E-state index contributed by atoms with van der Waals surface area (Å²) in [7, 11) is 0. The second-order valence-electron chi connectivity index (χ2n) is 6.85. The monoisotopic (exact) mass is 302 g/mol. The Balaban J connectivity index is 1.90. The lowest BCUT2D eigenvalue weighted by atomic mass is 9.97.